The Kier molecular flexibility index (Phi) is 5.16. The largest absolute Gasteiger partial charge is 0.441 e. The van der Waals surface area contributed by atoms with E-state index in [2.05, 4.69) is 20.6 Å². The first-order chi connectivity index (χ1) is 14.0. The van der Waals surface area contributed by atoms with Gasteiger partial charge in [-0.2, -0.15) is 0 Å². The lowest BCUT2D eigenvalue weighted by Crippen LogP contribution is -2.39. The van der Waals surface area contributed by atoms with Crippen LogP contribution in [0.4, 0.5) is 20.7 Å². The van der Waals surface area contributed by atoms with E-state index in [0.29, 0.717) is 30.5 Å². The zero-order valence-corrected chi connectivity index (χ0v) is 16.3. The number of oxazole rings is 1. The molecular weight excluding hydrogens is 373 g/mol. The zero-order chi connectivity index (χ0) is 20.4. The van der Waals surface area contributed by atoms with Crippen LogP contribution in [0.1, 0.15) is 17.9 Å². The Morgan fingerprint density at radius 1 is 1.28 bits per heavy atom. The average molecular weight is 395 g/mol. The molecule has 150 valence electrons. The summed E-state index contributed by atoms with van der Waals surface area (Å²) in [6.07, 6.45) is 2.29. The summed E-state index contributed by atoms with van der Waals surface area (Å²) in [5, 5.41) is 5.78. The van der Waals surface area contributed by atoms with Gasteiger partial charge in [-0.05, 0) is 50.6 Å². The van der Waals surface area contributed by atoms with Crippen LogP contribution in [0, 0.1) is 19.7 Å². The number of urea groups is 1. The van der Waals surface area contributed by atoms with Gasteiger partial charge < -0.3 is 20.0 Å². The van der Waals surface area contributed by atoms with E-state index in [0.717, 1.165) is 23.4 Å². The van der Waals surface area contributed by atoms with Gasteiger partial charge in [0.15, 0.2) is 11.6 Å². The molecule has 0 spiro atoms. The van der Waals surface area contributed by atoms with Crippen LogP contribution >= 0.6 is 0 Å². The molecule has 3 aromatic rings. The van der Waals surface area contributed by atoms with Gasteiger partial charge in [0, 0.05) is 36.6 Å². The highest BCUT2D eigenvalue weighted by molar-refractivity contribution is 5.90. The van der Waals surface area contributed by atoms with E-state index in [1.165, 1.54) is 6.07 Å². The predicted octanol–water partition coefficient (Wildman–Crippen LogP) is 3.89. The van der Waals surface area contributed by atoms with Gasteiger partial charge in [-0.25, -0.2) is 19.2 Å². The van der Waals surface area contributed by atoms with E-state index in [9.17, 15) is 9.18 Å². The van der Waals surface area contributed by atoms with Crippen LogP contribution in [-0.4, -0.2) is 35.1 Å². The van der Waals surface area contributed by atoms with Crippen molar-refractivity contribution in [3.63, 3.8) is 0 Å². The van der Waals surface area contributed by atoms with E-state index >= 15 is 0 Å². The molecule has 1 atom stereocenters. The zero-order valence-electron chi connectivity index (χ0n) is 16.3. The first-order valence-corrected chi connectivity index (χ1v) is 9.47. The molecule has 3 heterocycles. The number of rotatable bonds is 4. The van der Waals surface area contributed by atoms with Gasteiger partial charge in [-0.3, -0.25) is 0 Å². The fourth-order valence-electron chi connectivity index (χ4n) is 3.36. The highest BCUT2D eigenvalue weighted by Crippen LogP contribution is 2.24. The Hall–Kier alpha value is -3.42. The number of aromatic nitrogens is 2. The third-order valence-electron chi connectivity index (χ3n) is 4.96. The summed E-state index contributed by atoms with van der Waals surface area (Å²) >= 11 is 0. The Morgan fingerprint density at radius 2 is 2.14 bits per heavy atom. The van der Waals surface area contributed by atoms with E-state index in [1.807, 2.05) is 36.9 Å². The molecular formula is C21H22FN5O2. The fourth-order valence-corrected chi connectivity index (χ4v) is 3.36. The van der Waals surface area contributed by atoms with E-state index < -0.39 is 0 Å². The molecule has 7 nitrogen and oxygen atoms in total. The molecule has 1 aliphatic rings. The molecule has 1 aliphatic heterocycles. The number of carbonyl (C=O) groups excluding carboxylic acids is 1. The van der Waals surface area contributed by atoms with Crippen molar-refractivity contribution in [1.82, 2.24) is 15.3 Å². The van der Waals surface area contributed by atoms with Crippen molar-refractivity contribution in [3.8, 4) is 11.5 Å². The van der Waals surface area contributed by atoms with Crippen LogP contribution in [0.15, 0.2) is 47.0 Å². The lowest BCUT2D eigenvalue weighted by Gasteiger charge is -2.18. The van der Waals surface area contributed by atoms with Gasteiger partial charge in [-0.1, -0.05) is 6.07 Å². The molecule has 0 aliphatic carbocycles. The molecule has 0 radical (unpaired) electrons. The summed E-state index contributed by atoms with van der Waals surface area (Å²) in [6, 6.07) is 9.88. The molecule has 1 fully saturated rings. The number of benzene rings is 1. The molecule has 2 amide bonds. The Bertz CT molecular complexity index is 1020. The number of anilines is 2. The van der Waals surface area contributed by atoms with E-state index in [1.54, 1.807) is 18.3 Å². The van der Waals surface area contributed by atoms with Crippen molar-refractivity contribution in [2.24, 2.45) is 0 Å². The van der Waals surface area contributed by atoms with E-state index in [-0.39, 0.29) is 17.9 Å². The van der Waals surface area contributed by atoms with Crippen LogP contribution in [0.5, 0.6) is 0 Å². The average Bonchev–Trinajstić information content (AvgIpc) is 3.29. The third-order valence-corrected chi connectivity index (χ3v) is 4.96. The van der Waals surface area contributed by atoms with Gasteiger partial charge in [0.25, 0.3) is 0 Å². The summed E-state index contributed by atoms with van der Waals surface area (Å²) in [4.78, 5) is 22.7. The Balaban J connectivity index is 1.37. The number of hydrogen-bond donors (Lipinski definition) is 2. The lowest BCUT2D eigenvalue weighted by atomic mass is 10.2. The third kappa shape index (κ3) is 4.21. The monoisotopic (exact) mass is 395 g/mol. The molecule has 4 rings (SSSR count). The molecule has 1 unspecified atom stereocenters. The minimum atomic E-state index is -0.355. The van der Waals surface area contributed by atoms with Crippen LogP contribution in [-0.2, 0) is 0 Å². The summed E-state index contributed by atoms with van der Waals surface area (Å²) in [5.74, 6) is 1.26. The van der Waals surface area contributed by atoms with Crippen molar-refractivity contribution in [2.45, 2.75) is 26.3 Å². The highest BCUT2D eigenvalue weighted by Gasteiger charge is 2.26. The van der Waals surface area contributed by atoms with Crippen molar-refractivity contribution < 1.29 is 13.6 Å². The number of amides is 2. The van der Waals surface area contributed by atoms with E-state index in [4.69, 9.17) is 4.42 Å². The van der Waals surface area contributed by atoms with Crippen molar-refractivity contribution in [1.29, 1.82) is 0 Å². The number of aryl methyl sites for hydroxylation is 2. The smallest absolute Gasteiger partial charge is 0.319 e. The fraction of sp³-hybridized carbons (Fsp3) is 0.286. The Labute approximate surface area is 168 Å². The first kappa shape index (κ1) is 18.9. The minimum Gasteiger partial charge on any atom is -0.441 e. The normalized spacial score (nSPS) is 16.1. The summed E-state index contributed by atoms with van der Waals surface area (Å²) in [6.45, 7) is 4.90. The molecule has 2 N–H and O–H groups in total. The molecule has 0 saturated carbocycles. The van der Waals surface area contributed by atoms with Crippen LogP contribution in [0.3, 0.4) is 0 Å². The van der Waals surface area contributed by atoms with Crippen molar-refractivity contribution in [3.05, 3.63) is 59.9 Å². The Morgan fingerprint density at radius 3 is 2.90 bits per heavy atom. The maximum absolute atomic E-state index is 13.9. The number of nitrogens with one attached hydrogen (secondary N) is 2. The molecule has 2 aromatic heterocycles. The number of halogens is 1. The molecule has 8 heteroatoms. The number of carbonyl (C=O) groups is 1. The number of pyridine rings is 1. The van der Waals surface area contributed by atoms with Crippen molar-refractivity contribution in [2.75, 3.05) is 23.3 Å². The summed E-state index contributed by atoms with van der Waals surface area (Å²) in [5.41, 5.74) is 2.27. The van der Waals surface area contributed by atoms with Gasteiger partial charge in [-0.15, -0.1) is 0 Å². The number of nitrogens with zero attached hydrogens (tertiary/aromatic N) is 3. The van der Waals surface area contributed by atoms with Crippen LogP contribution < -0.4 is 15.5 Å². The topological polar surface area (TPSA) is 83.3 Å². The minimum absolute atomic E-state index is 0.0865. The lowest BCUT2D eigenvalue weighted by molar-refractivity contribution is 0.249. The molecule has 1 saturated heterocycles. The molecule has 29 heavy (non-hydrogen) atoms. The second kappa shape index (κ2) is 7.90. The maximum Gasteiger partial charge on any atom is 0.319 e. The molecule has 1 aromatic carbocycles. The number of hydrogen-bond acceptors (Lipinski definition) is 5. The summed E-state index contributed by atoms with van der Waals surface area (Å²) in [7, 11) is 0. The van der Waals surface area contributed by atoms with Crippen LogP contribution in [0.25, 0.3) is 11.5 Å². The standard InChI is InChI=1S/C21H22FN5O2/c1-13-14(2)29-20(24-13)15-5-3-6-16(11-15)25-21(28)26-17-8-10-27(12-17)19-18(22)7-4-9-23-19/h3-7,9,11,17H,8,10,12H2,1-2H3,(H2,25,26,28). The van der Waals surface area contributed by atoms with Gasteiger partial charge in [0.05, 0.1) is 5.69 Å². The SMILES string of the molecule is Cc1nc(-c2cccc(NC(=O)NC3CCN(c4ncccc4F)C3)c2)oc1C. The van der Waals surface area contributed by atoms with Crippen molar-refractivity contribution >= 4 is 17.5 Å². The molecule has 0 bridgehead atoms. The maximum atomic E-state index is 13.9. The van der Waals surface area contributed by atoms with Gasteiger partial charge >= 0.3 is 6.03 Å². The summed E-state index contributed by atoms with van der Waals surface area (Å²) < 4.78 is 19.6. The first-order valence-electron chi connectivity index (χ1n) is 9.47. The second-order valence-electron chi connectivity index (χ2n) is 7.08. The van der Waals surface area contributed by atoms with Gasteiger partial charge in [0.2, 0.25) is 5.89 Å². The van der Waals surface area contributed by atoms with Gasteiger partial charge in [0.1, 0.15) is 5.76 Å². The second-order valence-corrected chi connectivity index (χ2v) is 7.08. The highest BCUT2D eigenvalue weighted by atomic mass is 19.1. The predicted molar refractivity (Wildman–Crippen MR) is 108 cm³/mol. The quantitative estimate of drug-likeness (QED) is 0.700. The van der Waals surface area contributed by atoms with Crippen LogP contribution in [0.2, 0.25) is 0 Å².